The summed E-state index contributed by atoms with van der Waals surface area (Å²) in [5.41, 5.74) is 5.80. The fourth-order valence-corrected chi connectivity index (χ4v) is 4.96. The number of carbonyl (C=O) groups is 1. The van der Waals surface area contributed by atoms with Crippen LogP contribution in [0, 0.1) is 0 Å². The van der Waals surface area contributed by atoms with E-state index in [2.05, 4.69) is 68.2 Å². The molecule has 3 aromatic rings. The lowest BCUT2D eigenvalue weighted by Gasteiger charge is -2.36. The number of carboxylic acid groups (broad SMARTS) is 1. The zero-order chi connectivity index (χ0) is 22.6. The summed E-state index contributed by atoms with van der Waals surface area (Å²) in [7, 11) is 0. The second-order valence-corrected chi connectivity index (χ2v) is 8.80. The maximum absolute atomic E-state index is 11.0. The minimum Gasteiger partial charge on any atom is -0.478 e. The molecule has 1 fully saturated rings. The Hall–Kier alpha value is -3.09. The third kappa shape index (κ3) is 5.18. The van der Waals surface area contributed by atoms with Gasteiger partial charge < -0.3 is 14.9 Å². The number of rotatable bonds is 6. The Morgan fingerprint density at radius 2 is 1.44 bits per heavy atom. The van der Waals surface area contributed by atoms with Crippen LogP contribution >= 0.6 is 12.4 Å². The minimum atomic E-state index is -0.937. The van der Waals surface area contributed by atoms with Crippen LogP contribution in [0.15, 0.2) is 66.9 Å². The molecule has 0 aliphatic carbocycles. The molecule has 6 nitrogen and oxygen atoms in total. The summed E-state index contributed by atoms with van der Waals surface area (Å²) < 4.78 is 0. The van der Waals surface area contributed by atoms with Gasteiger partial charge in [-0.05, 0) is 61.2 Å². The predicted molar refractivity (Wildman–Crippen MR) is 139 cm³/mol. The van der Waals surface area contributed by atoms with Crippen molar-refractivity contribution in [2.24, 2.45) is 0 Å². The number of aromatic carboxylic acids is 1. The van der Waals surface area contributed by atoms with Gasteiger partial charge in [-0.3, -0.25) is 4.90 Å². The molecule has 5 rings (SSSR count). The summed E-state index contributed by atoms with van der Waals surface area (Å²) in [5.74, 6) is -0.0778. The normalized spacial score (nSPS) is 15.6. The number of halogens is 1. The molecular formula is C27H31ClN4O2. The Labute approximate surface area is 207 Å². The molecule has 0 atom stereocenters. The third-order valence-electron chi connectivity index (χ3n) is 6.78. The average Bonchev–Trinajstić information content (AvgIpc) is 3.02. The highest BCUT2D eigenvalue weighted by Gasteiger charge is 2.21. The lowest BCUT2D eigenvalue weighted by Crippen LogP contribution is -2.47. The molecule has 0 radical (unpaired) electrons. The molecule has 2 aliphatic heterocycles. The Morgan fingerprint density at radius 3 is 2.00 bits per heavy atom. The van der Waals surface area contributed by atoms with Crippen LogP contribution in [0.4, 0.5) is 17.2 Å². The van der Waals surface area contributed by atoms with Crippen LogP contribution in [-0.4, -0.2) is 60.2 Å². The Morgan fingerprint density at radius 1 is 0.824 bits per heavy atom. The largest absolute Gasteiger partial charge is 0.478 e. The highest BCUT2D eigenvalue weighted by atomic mass is 35.5. The van der Waals surface area contributed by atoms with E-state index < -0.39 is 5.97 Å². The van der Waals surface area contributed by atoms with Gasteiger partial charge in [0.05, 0.1) is 5.56 Å². The molecule has 7 heteroatoms. The highest BCUT2D eigenvalue weighted by molar-refractivity contribution is 5.87. The molecule has 1 N–H and O–H groups in total. The van der Waals surface area contributed by atoms with Crippen molar-refractivity contribution in [2.75, 3.05) is 49.1 Å². The highest BCUT2D eigenvalue weighted by Crippen LogP contribution is 2.35. The van der Waals surface area contributed by atoms with Gasteiger partial charge in [-0.1, -0.05) is 36.4 Å². The van der Waals surface area contributed by atoms with Gasteiger partial charge in [0.1, 0.15) is 5.82 Å². The third-order valence-corrected chi connectivity index (χ3v) is 6.78. The van der Waals surface area contributed by atoms with E-state index in [1.807, 2.05) is 6.07 Å². The van der Waals surface area contributed by atoms with Crippen LogP contribution in [0.1, 0.15) is 27.9 Å². The van der Waals surface area contributed by atoms with Crippen molar-refractivity contribution < 1.29 is 9.90 Å². The molecule has 0 amide bonds. The van der Waals surface area contributed by atoms with Crippen LogP contribution in [0.25, 0.3) is 0 Å². The van der Waals surface area contributed by atoms with E-state index in [4.69, 9.17) is 5.11 Å². The predicted octanol–water partition coefficient (Wildman–Crippen LogP) is 4.65. The average molecular weight is 479 g/mol. The number of piperazine rings is 1. The molecule has 1 aromatic heterocycles. The fraction of sp³-hybridized carbons (Fsp3) is 0.333. The van der Waals surface area contributed by atoms with Gasteiger partial charge in [-0.2, -0.15) is 0 Å². The molecule has 34 heavy (non-hydrogen) atoms. The minimum absolute atomic E-state index is 0. The van der Waals surface area contributed by atoms with Gasteiger partial charge in [0.25, 0.3) is 0 Å². The second-order valence-electron chi connectivity index (χ2n) is 8.80. The molecule has 178 valence electrons. The summed E-state index contributed by atoms with van der Waals surface area (Å²) in [6.07, 6.45) is 4.73. The van der Waals surface area contributed by atoms with E-state index in [-0.39, 0.29) is 18.0 Å². The number of hydrogen-bond donors (Lipinski definition) is 1. The first-order chi connectivity index (χ1) is 16.2. The smallest absolute Gasteiger partial charge is 0.337 e. The quantitative estimate of drug-likeness (QED) is 0.556. The number of benzene rings is 2. The van der Waals surface area contributed by atoms with Crippen molar-refractivity contribution in [2.45, 2.75) is 19.3 Å². The van der Waals surface area contributed by atoms with Crippen molar-refractivity contribution in [3.63, 3.8) is 0 Å². The molecular weight excluding hydrogens is 448 g/mol. The van der Waals surface area contributed by atoms with Crippen molar-refractivity contribution >= 4 is 35.6 Å². The number of nitrogens with zero attached hydrogens (tertiary/aromatic N) is 4. The van der Waals surface area contributed by atoms with Crippen LogP contribution in [0.5, 0.6) is 0 Å². The van der Waals surface area contributed by atoms with Crippen molar-refractivity contribution in [3.8, 4) is 0 Å². The molecule has 3 heterocycles. The number of fused-ring (bicyclic) bond motifs is 2. The summed E-state index contributed by atoms with van der Waals surface area (Å²) >= 11 is 0. The number of anilines is 3. The standard InChI is InChI=1S/C27H30N4O2.ClH/c32-27(33)23-12-13-26(28-20-23)30-18-16-29(17-19-30)14-5-15-31-24-8-3-1-6-21(24)10-11-22-7-2-4-9-25(22)31;/h1-4,6-9,12-13,20H,5,10-11,14-19H2,(H,32,33);1H. The molecule has 0 bridgehead atoms. The molecule has 0 saturated carbocycles. The van der Waals surface area contributed by atoms with Gasteiger partial charge >= 0.3 is 5.97 Å². The SMILES string of the molecule is Cl.O=C(O)c1ccc(N2CCN(CCCN3c4ccccc4CCc4ccccc43)CC2)nc1. The van der Waals surface area contributed by atoms with Crippen LogP contribution < -0.4 is 9.80 Å². The summed E-state index contributed by atoms with van der Waals surface area (Å²) in [6, 6.07) is 21.1. The number of para-hydroxylation sites is 2. The topological polar surface area (TPSA) is 59.9 Å². The van der Waals surface area contributed by atoms with E-state index >= 15 is 0 Å². The lowest BCUT2D eigenvalue weighted by molar-refractivity contribution is 0.0696. The maximum Gasteiger partial charge on any atom is 0.337 e. The zero-order valence-corrected chi connectivity index (χ0v) is 20.1. The molecule has 2 aromatic carbocycles. The van der Waals surface area contributed by atoms with Crippen molar-refractivity contribution in [1.82, 2.24) is 9.88 Å². The fourth-order valence-electron chi connectivity index (χ4n) is 4.96. The Bertz CT molecular complexity index is 1070. The first kappa shape index (κ1) is 24.0. The summed E-state index contributed by atoms with van der Waals surface area (Å²) in [6.45, 7) is 5.89. The second kappa shape index (κ2) is 10.9. The van der Waals surface area contributed by atoms with Crippen LogP contribution in [0.2, 0.25) is 0 Å². The van der Waals surface area contributed by atoms with Gasteiger partial charge in [0.15, 0.2) is 0 Å². The number of aromatic nitrogens is 1. The van der Waals surface area contributed by atoms with Crippen molar-refractivity contribution in [3.05, 3.63) is 83.6 Å². The van der Waals surface area contributed by atoms with E-state index in [1.165, 1.54) is 28.7 Å². The molecule has 0 unspecified atom stereocenters. The first-order valence-corrected chi connectivity index (χ1v) is 11.8. The lowest BCUT2D eigenvalue weighted by atomic mass is 10.0. The van der Waals surface area contributed by atoms with Crippen LogP contribution in [0.3, 0.4) is 0 Å². The van der Waals surface area contributed by atoms with Gasteiger partial charge in [-0.25, -0.2) is 9.78 Å². The van der Waals surface area contributed by atoms with E-state index in [9.17, 15) is 4.79 Å². The van der Waals surface area contributed by atoms with Crippen LogP contribution in [-0.2, 0) is 12.8 Å². The van der Waals surface area contributed by atoms with E-state index in [0.717, 1.165) is 64.3 Å². The first-order valence-electron chi connectivity index (χ1n) is 11.8. The maximum atomic E-state index is 11.0. The Balaban J connectivity index is 0.00000274. The summed E-state index contributed by atoms with van der Waals surface area (Å²) in [5, 5.41) is 9.06. The number of hydrogen-bond acceptors (Lipinski definition) is 5. The van der Waals surface area contributed by atoms with Gasteiger partial charge in [0, 0.05) is 50.3 Å². The molecule has 0 spiro atoms. The molecule has 1 saturated heterocycles. The Kier molecular flexibility index (Phi) is 7.70. The van der Waals surface area contributed by atoms with E-state index in [0.29, 0.717) is 0 Å². The zero-order valence-electron chi connectivity index (χ0n) is 19.3. The monoisotopic (exact) mass is 478 g/mol. The molecule has 2 aliphatic rings. The van der Waals surface area contributed by atoms with Crippen molar-refractivity contribution in [1.29, 1.82) is 0 Å². The van der Waals surface area contributed by atoms with Gasteiger partial charge in [0.2, 0.25) is 0 Å². The summed E-state index contributed by atoms with van der Waals surface area (Å²) in [4.78, 5) is 22.7. The number of carboxylic acids is 1. The van der Waals surface area contributed by atoms with Gasteiger partial charge in [-0.15, -0.1) is 12.4 Å². The number of aryl methyl sites for hydroxylation is 2. The number of pyridine rings is 1. The van der Waals surface area contributed by atoms with E-state index in [1.54, 1.807) is 6.07 Å².